The number of carbonyl (C=O) groups is 2. The van der Waals surface area contributed by atoms with Gasteiger partial charge in [0, 0.05) is 23.7 Å². The Hall–Kier alpha value is -3.16. The van der Waals surface area contributed by atoms with E-state index in [9.17, 15) is 14.9 Å². The molecule has 1 aromatic heterocycles. The van der Waals surface area contributed by atoms with Gasteiger partial charge in [0.2, 0.25) is 11.0 Å². The molecule has 192 valence electrons. The number of aryl methyl sites for hydroxylation is 1. The summed E-state index contributed by atoms with van der Waals surface area (Å²) in [5, 5.41) is 22.4. The average Bonchev–Trinajstić information content (AvgIpc) is 3.36. The molecule has 10 heteroatoms. The van der Waals surface area contributed by atoms with Crippen molar-refractivity contribution in [3.63, 3.8) is 0 Å². The highest BCUT2D eigenvalue weighted by molar-refractivity contribution is 8.01. The van der Waals surface area contributed by atoms with E-state index < -0.39 is 5.92 Å². The van der Waals surface area contributed by atoms with Gasteiger partial charge in [-0.15, -0.1) is 10.2 Å². The Morgan fingerprint density at radius 2 is 1.95 bits per heavy atom. The van der Waals surface area contributed by atoms with Crippen LogP contribution < -0.4 is 16.0 Å². The molecule has 0 bridgehead atoms. The first-order chi connectivity index (χ1) is 18.0. The van der Waals surface area contributed by atoms with Crippen molar-refractivity contribution in [2.45, 2.75) is 74.6 Å². The minimum atomic E-state index is -0.491. The van der Waals surface area contributed by atoms with Crippen LogP contribution in [0.5, 0.6) is 0 Å². The van der Waals surface area contributed by atoms with Crippen LogP contribution in [0.15, 0.2) is 51.3 Å². The van der Waals surface area contributed by atoms with Crippen molar-refractivity contribution in [2.75, 3.05) is 10.7 Å². The number of carbonyl (C=O) groups excluding carboxylic acids is 2. The third-order valence-corrected chi connectivity index (χ3v) is 9.25. The molecule has 0 saturated heterocycles. The van der Waals surface area contributed by atoms with E-state index >= 15 is 0 Å². The lowest BCUT2D eigenvalue weighted by Gasteiger charge is -2.38. The number of nitrogens with two attached hydrogens (primary N) is 1. The molecule has 1 aromatic carbocycles. The van der Waals surface area contributed by atoms with Gasteiger partial charge in [-0.3, -0.25) is 14.5 Å². The first kappa shape index (κ1) is 25.5. The van der Waals surface area contributed by atoms with Crippen molar-refractivity contribution < 1.29 is 9.59 Å². The molecule has 8 nitrogen and oxygen atoms in total. The second-order valence-corrected chi connectivity index (χ2v) is 11.9. The summed E-state index contributed by atoms with van der Waals surface area (Å²) < 4.78 is 0.644. The molecule has 2 aliphatic carbocycles. The second kappa shape index (κ2) is 11.1. The fourth-order valence-electron chi connectivity index (χ4n) is 5.39. The molecule has 2 aromatic rings. The average molecular weight is 535 g/mol. The van der Waals surface area contributed by atoms with Crippen LogP contribution in [-0.2, 0) is 9.59 Å². The summed E-state index contributed by atoms with van der Waals surface area (Å²) in [7, 11) is 0. The molecule has 1 unspecified atom stereocenters. The topological polar surface area (TPSA) is 125 Å². The second-order valence-electron chi connectivity index (χ2n) is 9.77. The van der Waals surface area contributed by atoms with Crippen LogP contribution in [0.25, 0.3) is 0 Å². The zero-order chi connectivity index (χ0) is 25.9. The lowest BCUT2D eigenvalue weighted by Crippen LogP contribution is -2.38. The van der Waals surface area contributed by atoms with Gasteiger partial charge in [-0.25, -0.2) is 0 Å². The van der Waals surface area contributed by atoms with E-state index in [1.807, 2.05) is 31.2 Å². The molecule has 1 atom stereocenters. The molecule has 1 amide bonds. The summed E-state index contributed by atoms with van der Waals surface area (Å²) in [4.78, 5) is 27.4. The standard InChI is InChI=1S/C27H30N6O2S2/c1-16-10-12-17(13-11-16)23-19(14-28)25(29)33(20-8-5-9-21(34)24(20)23)26-31-32-27(37-26)36-15-22(35)30-18-6-3-2-4-7-18/h10-13,18,23H,2-9,15,29H2,1H3,(H,30,35). The van der Waals surface area contributed by atoms with Crippen LogP contribution >= 0.6 is 23.1 Å². The monoisotopic (exact) mass is 534 g/mol. The summed E-state index contributed by atoms with van der Waals surface area (Å²) >= 11 is 2.66. The number of Topliss-reactive ketones (excluding diaryl/α,β-unsaturated/α-hetero) is 1. The number of aromatic nitrogens is 2. The maximum absolute atomic E-state index is 13.2. The van der Waals surface area contributed by atoms with Gasteiger partial charge in [0.1, 0.15) is 5.82 Å². The molecule has 37 heavy (non-hydrogen) atoms. The molecule has 3 aliphatic rings. The normalized spacial score (nSPS) is 20.6. The number of nitrogens with zero attached hydrogens (tertiary/aromatic N) is 4. The molecule has 5 rings (SSSR count). The Labute approximate surface area is 225 Å². The zero-order valence-corrected chi connectivity index (χ0v) is 22.5. The predicted octanol–water partition coefficient (Wildman–Crippen LogP) is 4.69. The van der Waals surface area contributed by atoms with Crippen LogP contribution in [0.3, 0.4) is 0 Å². The van der Waals surface area contributed by atoms with Gasteiger partial charge in [0.25, 0.3) is 0 Å². The van der Waals surface area contributed by atoms with Crippen LogP contribution in [0.2, 0.25) is 0 Å². The summed E-state index contributed by atoms with van der Waals surface area (Å²) in [6, 6.07) is 10.4. The van der Waals surface area contributed by atoms with E-state index in [1.165, 1.54) is 42.4 Å². The SMILES string of the molecule is Cc1ccc(C2C(C#N)=C(N)N(c3nnc(SCC(=O)NC4CCCCC4)s3)C3=C2C(=O)CCC3)cc1. The van der Waals surface area contributed by atoms with Crippen molar-refractivity contribution in [2.24, 2.45) is 5.73 Å². The number of amides is 1. The number of benzene rings is 1. The molecule has 0 radical (unpaired) electrons. The Morgan fingerprint density at radius 3 is 2.68 bits per heavy atom. The van der Waals surface area contributed by atoms with E-state index in [0.717, 1.165) is 29.7 Å². The molecule has 1 aliphatic heterocycles. The molecule has 0 spiro atoms. The minimum absolute atomic E-state index is 0.00149. The van der Waals surface area contributed by atoms with Gasteiger partial charge in [-0.2, -0.15) is 5.26 Å². The molecule has 3 N–H and O–H groups in total. The van der Waals surface area contributed by atoms with Gasteiger partial charge in [-0.05, 0) is 38.2 Å². The quantitative estimate of drug-likeness (QED) is 0.511. The number of thioether (sulfide) groups is 1. The third kappa shape index (κ3) is 5.29. The number of nitriles is 1. The highest BCUT2D eigenvalue weighted by Crippen LogP contribution is 2.47. The van der Waals surface area contributed by atoms with E-state index in [1.54, 1.807) is 4.90 Å². The van der Waals surface area contributed by atoms with Crippen molar-refractivity contribution in [1.82, 2.24) is 15.5 Å². The Bertz CT molecular complexity index is 1300. The van der Waals surface area contributed by atoms with Gasteiger partial charge >= 0.3 is 0 Å². The van der Waals surface area contributed by atoms with Crippen molar-refractivity contribution in [3.05, 3.63) is 58.1 Å². The van der Waals surface area contributed by atoms with Crippen molar-refractivity contribution in [1.29, 1.82) is 5.26 Å². The number of hydrogen-bond acceptors (Lipinski definition) is 9. The number of rotatable bonds is 6. The number of nitrogens with one attached hydrogen (secondary N) is 1. The fraction of sp³-hybridized carbons (Fsp3) is 0.444. The highest BCUT2D eigenvalue weighted by atomic mass is 32.2. The van der Waals surface area contributed by atoms with Crippen LogP contribution in [-0.4, -0.2) is 33.7 Å². The van der Waals surface area contributed by atoms with E-state index in [-0.39, 0.29) is 29.3 Å². The highest BCUT2D eigenvalue weighted by Gasteiger charge is 2.41. The summed E-state index contributed by atoms with van der Waals surface area (Å²) in [6.45, 7) is 2.00. The fourth-order valence-corrected chi connectivity index (χ4v) is 7.08. The van der Waals surface area contributed by atoms with E-state index in [0.29, 0.717) is 39.9 Å². The zero-order valence-electron chi connectivity index (χ0n) is 20.8. The summed E-state index contributed by atoms with van der Waals surface area (Å²) in [5.74, 6) is 0.0957. The van der Waals surface area contributed by atoms with Gasteiger partial charge in [-0.1, -0.05) is 72.2 Å². The minimum Gasteiger partial charge on any atom is -0.384 e. The van der Waals surface area contributed by atoms with E-state index in [2.05, 4.69) is 21.6 Å². The lowest BCUT2D eigenvalue weighted by atomic mass is 9.75. The number of ketones is 1. The maximum Gasteiger partial charge on any atom is 0.230 e. The van der Waals surface area contributed by atoms with E-state index in [4.69, 9.17) is 5.73 Å². The molecule has 1 saturated carbocycles. The van der Waals surface area contributed by atoms with Gasteiger partial charge < -0.3 is 11.1 Å². The predicted molar refractivity (Wildman–Crippen MR) is 145 cm³/mol. The maximum atomic E-state index is 13.2. The van der Waals surface area contributed by atoms with Crippen molar-refractivity contribution in [3.8, 4) is 6.07 Å². The Balaban J connectivity index is 1.40. The first-order valence-corrected chi connectivity index (χ1v) is 14.5. The first-order valence-electron chi connectivity index (χ1n) is 12.7. The number of hydrogen-bond donors (Lipinski definition) is 2. The summed E-state index contributed by atoms with van der Waals surface area (Å²) in [6.07, 6.45) is 7.48. The molecule has 2 heterocycles. The molecular weight excluding hydrogens is 504 g/mol. The van der Waals surface area contributed by atoms with Crippen LogP contribution in [0, 0.1) is 18.3 Å². The molecule has 1 fully saturated rings. The largest absolute Gasteiger partial charge is 0.384 e. The Kier molecular flexibility index (Phi) is 7.63. The van der Waals surface area contributed by atoms with Crippen LogP contribution in [0.1, 0.15) is 68.4 Å². The lowest BCUT2D eigenvalue weighted by molar-refractivity contribution is -0.119. The van der Waals surface area contributed by atoms with Gasteiger partial charge in [0.15, 0.2) is 10.1 Å². The number of allylic oxidation sites excluding steroid dienone is 3. The summed E-state index contributed by atoms with van der Waals surface area (Å²) in [5.41, 5.74) is 10.4. The smallest absolute Gasteiger partial charge is 0.230 e. The Morgan fingerprint density at radius 1 is 1.19 bits per heavy atom. The molecular formula is C27H30N6O2S2. The van der Waals surface area contributed by atoms with Gasteiger partial charge in [0.05, 0.1) is 23.3 Å². The number of anilines is 1. The van der Waals surface area contributed by atoms with Crippen molar-refractivity contribution >= 4 is 39.9 Å². The third-order valence-electron chi connectivity index (χ3n) is 7.21. The van der Waals surface area contributed by atoms with Crippen LogP contribution in [0.4, 0.5) is 5.13 Å².